The van der Waals surface area contributed by atoms with Gasteiger partial charge in [-0.25, -0.2) is 4.79 Å². The molecule has 0 heterocycles. The summed E-state index contributed by atoms with van der Waals surface area (Å²) in [5.74, 6) is -0.927. The molecular formula is C15H23NO3. The number of aliphatic hydroxyl groups is 1. The zero-order valence-electron chi connectivity index (χ0n) is 11.9. The predicted octanol–water partition coefficient (Wildman–Crippen LogP) is 2.68. The molecular weight excluding hydrogens is 242 g/mol. The van der Waals surface area contributed by atoms with Crippen molar-refractivity contribution in [1.29, 1.82) is 0 Å². The first-order valence-corrected chi connectivity index (χ1v) is 6.76. The van der Waals surface area contributed by atoms with Crippen molar-refractivity contribution < 1.29 is 15.0 Å². The Kier molecular flexibility index (Phi) is 5.83. The number of hydrogen-bond acceptors (Lipinski definition) is 3. The number of rotatable bonds is 7. The lowest BCUT2D eigenvalue weighted by Crippen LogP contribution is -2.37. The van der Waals surface area contributed by atoms with Gasteiger partial charge in [-0.3, -0.25) is 0 Å². The van der Waals surface area contributed by atoms with E-state index < -0.39 is 5.97 Å². The molecule has 0 aliphatic rings. The number of carboxylic acids is 1. The number of aromatic carboxylic acids is 1. The number of nitrogens with zero attached hydrogens (tertiary/aromatic N) is 1. The number of carboxylic acid groups (broad SMARTS) is 1. The highest BCUT2D eigenvalue weighted by molar-refractivity contribution is 5.94. The van der Waals surface area contributed by atoms with Crippen LogP contribution in [0.4, 0.5) is 5.69 Å². The third-order valence-electron chi connectivity index (χ3n) is 3.42. The number of benzene rings is 1. The molecule has 4 heteroatoms. The highest BCUT2D eigenvalue weighted by atomic mass is 16.4. The summed E-state index contributed by atoms with van der Waals surface area (Å²) in [4.78, 5) is 13.4. The van der Waals surface area contributed by atoms with Crippen LogP contribution in [0.15, 0.2) is 18.2 Å². The summed E-state index contributed by atoms with van der Waals surface area (Å²) in [5.41, 5.74) is 2.02. The van der Waals surface area contributed by atoms with Crippen LogP contribution in [0.2, 0.25) is 0 Å². The van der Waals surface area contributed by atoms with E-state index in [1.807, 2.05) is 17.9 Å². The molecule has 0 aliphatic carbocycles. The van der Waals surface area contributed by atoms with E-state index in [1.54, 1.807) is 12.1 Å². The molecule has 106 valence electrons. The van der Waals surface area contributed by atoms with Crippen LogP contribution in [0.5, 0.6) is 0 Å². The molecule has 1 rings (SSSR count). The average molecular weight is 265 g/mol. The SMILES string of the molecule is CCC(CC)N(CCO)c1cc(C)ccc1C(=O)O. The summed E-state index contributed by atoms with van der Waals surface area (Å²) >= 11 is 0. The van der Waals surface area contributed by atoms with Crippen molar-refractivity contribution in [2.75, 3.05) is 18.1 Å². The van der Waals surface area contributed by atoms with Gasteiger partial charge in [-0.05, 0) is 37.5 Å². The second kappa shape index (κ2) is 7.14. The van der Waals surface area contributed by atoms with Gasteiger partial charge in [0.15, 0.2) is 0 Å². The van der Waals surface area contributed by atoms with E-state index in [0.717, 1.165) is 18.4 Å². The second-order valence-electron chi connectivity index (χ2n) is 4.71. The minimum Gasteiger partial charge on any atom is -0.478 e. The monoisotopic (exact) mass is 265 g/mol. The summed E-state index contributed by atoms with van der Waals surface area (Å²) in [5, 5.41) is 18.6. The van der Waals surface area contributed by atoms with Crippen molar-refractivity contribution in [3.05, 3.63) is 29.3 Å². The summed E-state index contributed by atoms with van der Waals surface area (Å²) in [6.07, 6.45) is 1.84. The Morgan fingerprint density at radius 3 is 2.42 bits per heavy atom. The number of anilines is 1. The van der Waals surface area contributed by atoms with Crippen LogP contribution in [0.25, 0.3) is 0 Å². The first-order valence-electron chi connectivity index (χ1n) is 6.76. The molecule has 4 nitrogen and oxygen atoms in total. The molecule has 0 spiro atoms. The number of aliphatic hydroxyl groups excluding tert-OH is 1. The molecule has 1 aromatic carbocycles. The molecule has 0 amide bonds. The second-order valence-corrected chi connectivity index (χ2v) is 4.71. The molecule has 2 N–H and O–H groups in total. The van der Waals surface area contributed by atoms with Crippen molar-refractivity contribution in [3.8, 4) is 0 Å². The largest absolute Gasteiger partial charge is 0.478 e. The molecule has 0 bridgehead atoms. The van der Waals surface area contributed by atoms with E-state index in [9.17, 15) is 15.0 Å². The third-order valence-corrected chi connectivity index (χ3v) is 3.42. The van der Waals surface area contributed by atoms with Gasteiger partial charge in [0.1, 0.15) is 0 Å². The maximum Gasteiger partial charge on any atom is 0.337 e. The normalized spacial score (nSPS) is 10.8. The predicted molar refractivity (Wildman–Crippen MR) is 76.9 cm³/mol. The van der Waals surface area contributed by atoms with Gasteiger partial charge in [0.2, 0.25) is 0 Å². The summed E-state index contributed by atoms with van der Waals surface area (Å²) in [6, 6.07) is 5.57. The third kappa shape index (κ3) is 3.70. The van der Waals surface area contributed by atoms with Crippen molar-refractivity contribution >= 4 is 11.7 Å². The average Bonchev–Trinajstić information content (AvgIpc) is 2.38. The molecule has 0 aromatic heterocycles. The summed E-state index contributed by atoms with van der Waals surface area (Å²) < 4.78 is 0. The van der Waals surface area contributed by atoms with Crippen LogP contribution in [0, 0.1) is 6.92 Å². The molecule has 0 unspecified atom stereocenters. The Balaban J connectivity index is 3.27. The highest BCUT2D eigenvalue weighted by Crippen LogP contribution is 2.26. The molecule has 1 aromatic rings. The molecule has 0 saturated carbocycles. The van der Waals surface area contributed by atoms with E-state index in [1.165, 1.54) is 0 Å². The van der Waals surface area contributed by atoms with Crippen molar-refractivity contribution in [2.45, 2.75) is 39.7 Å². The summed E-state index contributed by atoms with van der Waals surface area (Å²) in [6.45, 7) is 6.57. The maximum absolute atomic E-state index is 11.4. The molecule has 19 heavy (non-hydrogen) atoms. The highest BCUT2D eigenvalue weighted by Gasteiger charge is 2.21. The molecule has 0 radical (unpaired) electrons. The summed E-state index contributed by atoms with van der Waals surface area (Å²) in [7, 11) is 0. The Hall–Kier alpha value is -1.55. The Labute approximate surface area is 114 Å². The molecule has 0 saturated heterocycles. The Morgan fingerprint density at radius 2 is 1.95 bits per heavy atom. The number of carbonyl (C=O) groups is 1. The fourth-order valence-corrected chi connectivity index (χ4v) is 2.40. The van der Waals surface area contributed by atoms with Gasteiger partial charge >= 0.3 is 5.97 Å². The topological polar surface area (TPSA) is 60.8 Å². The number of aryl methyl sites for hydroxylation is 1. The first kappa shape index (κ1) is 15.5. The van der Waals surface area contributed by atoms with E-state index in [2.05, 4.69) is 13.8 Å². The van der Waals surface area contributed by atoms with Crippen LogP contribution in [0.1, 0.15) is 42.6 Å². The van der Waals surface area contributed by atoms with Crippen LogP contribution in [-0.2, 0) is 0 Å². The fourth-order valence-electron chi connectivity index (χ4n) is 2.40. The smallest absolute Gasteiger partial charge is 0.337 e. The van der Waals surface area contributed by atoms with Gasteiger partial charge in [0.05, 0.1) is 17.9 Å². The lowest BCUT2D eigenvalue weighted by atomic mass is 10.0. The number of hydrogen-bond donors (Lipinski definition) is 2. The van der Waals surface area contributed by atoms with E-state index >= 15 is 0 Å². The van der Waals surface area contributed by atoms with Gasteiger partial charge in [-0.2, -0.15) is 0 Å². The van der Waals surface area contributed by atoms with Crippen LogP contribution in [-0.4, -0.2) is 35.4 Å². The lowest BCUT2D eigenvalue weighted by Gasteiger charge is -2.33. The van der Waals surface area contributed by atoms with Crippen molar-refractivity contribution in [2.24, 2.45) is 0 Å². The lowest BCUT2D eigenvalue weighted by molar-refractivity contribution is 0.0697. The standard InChI is InChI=1S/C15H23NO3/c1-4-12(5-2)16(8-9-17)14-10-11(3)6-7-13(14)15(18)19/h6-7,10,12,17H,4-5,8-9H2,1-3H3,(H,18,19). The zero-order valence-corrected chi connectivity index (χ0v) is 11.9. The molecule has 0 aliphatic heterocycles. The zero-order chi connectivity index (χ0) is 14.4. The van der Waals surface area contributed by atoms with Crippen LogP contribution < -0.4 is 4.90 Å². The first-order chi connectivity index (χ1) is 9.04. The van der Waals surface area contributed by atoms with Crippen LogP contribution in [0.3, 0.4) is 0 Å². The minimum absolute atomic E-state index is 0.0174. The quantitative estimate of drug-likeness (QED) is 0.795. The van der Waals surface area contributed by atoms with Gasteiger partial charge in [0.25, 0.3) is 0 Å². The van der Waals surface area contributed by atoms with Gasteiger partial charge in [-0.15, -0.1) is 0 Å². The Bertz CT molecular complexity index is 427. The fraction of sp³-hybridized carbons (Fsp3) is 0.533. The van der Waals surface area contributed by atoms with Crippen molar-refractivity contribution in [1.82, 2.24) is 0 Å². The van der Waals surface area contributed by atoms with Gasteiger partial charge in [0, 0.05) is 12.6 Å². The van der Waals surface area contributed by atoms with E-state index in [0.29, 0.717) is 17.8 Å². The van der Waals surface area contributed by atoms with E-state index in [-0.39, 0.29) is 12.6 Å². The van der Waals surface area contributed by atoms with E-state index in [4.69, 9.17) is 0 Å². The van der Waals surface area contributed by atoms with Crippen LogP contribution >= 0.6 is 0 Å². The minimum atomic E-state index is -0.927. The van der Waals surface area contributed by atoms with Gasteiger partial charge < -0.3 is 15.1 Å². The van der Waals surface area contributed by atoms with Gasteiger partial charge in [-0.1, -0.05) is 19.9 Å². The molecule has 0 fully saturated rings. The molecule has 0 atom stereocenters. The Morgan fingerprint density at radius 1 is 1.32 bits per heavy atom. The van der Waals surface area contributed by atoms with Crippen molar-refractivity contribution in [3.63, 3.8) is 0 Å². The maximum atomic E-state index is 11.4.